The Morgan fingerprint density at radius 3 is 2.68 bits per heavy atom. The van der Waals surface area contributed by atoms with Gasteiger partial charge in [0.1, 0.15) is 11.4 Å². The summed E-state index contributed by atoms with van der Waals surface area (Å²) in [6.45, 7) is 1.67. The number of benzene rings is 1. The molecule has 19 heavy (non-hydrogen) atoms. The van der Waals surface area contributed by atoms with Gasteiger partial charge in [0.25, 0.3) is 5.56 Å². The average Bonchev–Trinajstić information content (AvgIpc) is 2.38. The van der Waals surface area contributed by atoms with Gasteiger partial charge in [0, 0.05) is 5.56 Å². The van der Waals surface area contributed by atoms with Crippen molar-refractivity contribution in [2.24, 2.45) is 5.73 Å². The fourth-order valence-electron chi connectivity index (χ4n) is 1.59. The molecule has 7 heteroatoms. The van der Waals surface area contributed by atoms with Gasteiger partial charge in [-0.1, -0.05) is 11.6 Å². The summed E-state index contributed by atoms with van der Waals surface area (Å²) in [4.78, 5) is 14.4. The minimum atomic E-state index is -0.468. The lowest BCUT2D eigenvalue weighted by atomic mass is 10.2. The number of aromatic amines is 1. The van der Waals surface area contributed by atoms with Crippen molar-refractivity contribution in [3.05, 3.63) is 39.3 Å². The highest BCUT2D eigenvalue weighted by Gasteiger charge is 2.11. The molecule has 100 valence electrons. The van der Waals surface area contributed by atoms with Crippen molar-refractivity contribution in [3.63, 3.8) is 0 Å². The van der Waals surface area contributed by atoms with Crippen LogP contribution in [-0.4, -0.2) is 22.3 Å². The number of aromatic nitrogens is 3. The van der Waals surface area contributed by atoms with Crippen molar-refractivity contribution >= 4 is 11.6 Å². The molecular weight excluding hydrogens is 268 g/mol. The van der Waals surface area contributed by atoms with Crippen LogP contribution in [-0.2, 0) is 0 Å². The van der Waals surface area contributed by atoms with Gasteiger partial charge in [-0.05, 0) is 25.1 Å². The third kappa shape index (κ3) is 2.74. The molecule has 0 aliphatic rings. The molecule has 3 N–H and O–H groups in total. The van der Waals surface area contributed by atoms with Crippen LogP contribution in [0.5, 0.6) is 5.75 Å². The lowest BCUT2D eigenvalue weighted by Gasteiger charge is -2.06. The molecule has 0 radical (unpaired) electrons. The molecular formula is C12H13ClN4O2. The maximum absolute atomic E-state index is 11.8. The molecule has 1 aromatic heterocycles. The number of ether oxygens (including phenoxy) is 1. The van der Waals surface area contributed by atoms with Crippen molar-refractivity contribution in [2.75, 3.05) is 7.11 Å². The minimum Gasteiger partial charge on any atom is -0.495 e. The van der Waals surface area contributed by atoms with Gasteiger partial charge in [-0.3, -0.25) is 4.79 Å². The van der Waals surface area contributed by atoms with Gasteiger partial charge < -0.3 is 15.5 Å². The number of nitrogens with two attached hydrogens (primary N) is 1. The standard InChI is InChI=1S/C12H13ClN4O2/c1-6(14)10-12(18)15-11(17-16-10)7-3-4-9(19-2)8(13)5-7/h3-6H,14H2,1-2H3,(H,15,17,18). The Labute approximate surface area is 114 Å². The van der Waals surface area contributed by atoms with Crippen LogP contribution < -0.4 is 16.0 Å². The van der Waals surface area contributed by atoms with Gasteiger partial charge in [-0.15, -0.1) is 10.2 Å². The first-order valence-corrected chi connectivity index (χ1v) is 5.97. The van der Waals surface area contributed by atoms with E-state index in [1.807, 2.05) is 0 Å². The molecule has 0 bridgehead atoms. The number of halogens is 1. The highest BCUT2D eigenvalue weighted by Crippen LogP contribution is 2.28. The van der Waals surface area contributed by atoms with E-state index in [4.69, 9.17) is 22.1 Å². The van der Waals surface area contributed by atoms with Gasteiger partial charge in [-0.25, -0.2) is 0 Å². The molecule has 0 saturated heterocycles. The van der Waals surface area contributed by atoms with Crippen LogP contribution in [0.3, 0.4) is 0 Å². The maximum Gasteiger partial charge on any atom is 0.274 e. The average molecular weight is 281 g/mol. The molecule has 1 unspecified atom stereocenters. The largest absolute Gasteiger partial charge is 0.495 e. The molecule has 0 fully saturated rings. The number of rotatable bonds is 3. The van der Waals surface area contributed by atoms with Crippen LogP contribution in [0.2, 0.25) is 5.02 Å². The lowest BCUT2D eigenvalue weighted by Crippen LogP contribution is -2.23. The Hall–Kier alpha value is -1.92. The molecule has 2 rings (SSSR count). The van der Waals surface area contributed by atoms with E-state index in [0.29, 0.717) is 22.2 Å². The number of nitrogens with one attached hydrogen (secondary N) is 1. The van der Waals surface area contributed by atoms with Crippen LogP contribution in [0.15, 0.2) is 23.0 Å². The van der Waals surface area contributed by atoms with Crippen molar-refractivity contribution in [3.8, 4) is 17.1 Å². The molecule has 0 spiro atoms. The van der Waals surface area contributed by atoms with E-state index in [2.05, 4.69) is 15.2 Å². The first kappa shape index (κ1) is 13.5. The van der Waals surface area contributed by atoms with Gasteiger partial charge in [0.15, 0.2) is 5.82 Å². The Morgan fingerprint density at radius 1 is 1.42 bits per heavy atom. The second-order valence-corrected chi connectivity index (χ2v) is 4.43. The first-order valence-electron chi connectivity index (χ1n) is 5.59. The molecule has 1 aromatic carbocycles. The van der Waals surface area contributed by atoms with Gasteiger partial charge in [-0.2, -0.15) is 0 Å². The second kappa shape index (κ2) is 5.38. The van der Waals surface area contributed by atoms with Gasteiger partial charge in [0.05, 0.1) is 18.2 Å². The number of nitrogens with zero attached hydrogens (tertiary/aromatic N) is 2. The smallest absolute Gasteiger partial charge is 0.274 e. The monoisotopic (exact) mass is 280 g/mol. The number of methoxy groups -OCH3 is 1. The molecule has 0 amide bonds. The third-order valence-electron chi connectivity index (χ3n) is 2.58. The Bertz CT molecular complexity index is 654. The SMILES string of the molecule is COc1ccc(-c2nnc(C(C)N)c(=O)[nH]2)cc1Cl. The zero-order chi connectivity index (χ0) is 14.0. The Kier molecular flexibility index (Phi) is 3.82. The van der Waals surface area contributed by atoms with Gasteiger partial charge in [0.2, 0.25) is 0 Å². The molecule has 1 heterocycles. The van der Waals surface area contributed by atoms with Crippen LogP contribution in [0.25, 0.3) is 11.4 Å². The predicted molar refractivity (Wildman–Crippen MR) is 72.3 cm³/mol. The van der Waals surface area contributed by atoms with E-state index in [1.165, 1.54) is 7.11 Å². The summed E-state index contributed by atoms with van der Waals surface area (Å²) in [7, 11) is 1.53. The van der Waals surface area contributed by atoms with Gasteiger partial charge >= 0.3 is 0 Å². The van der Waals surface area contributed by atoms with Crippen molar-refractivity contribution in [1.82, 2.24) is 15.2 Å². The lowest BCUT2D eigenvalue weighted by molar-refractivity contribution is 0.415. The molecule has 6 nitrogen and oxygen atoms in total. The number of hydrogen-bond donors (Lipinski definition) is 2. The third-order valence-corrected chi connectivity index (χ3v) is 2.87. The van der Waals surface area contributed by atoms with Crippen LogP contribution in [0, 0.1) is 0 Å². The fraction of sp³-hybridized carbons (Fsp3) is 0.250. The Balaban J connectivity index is 2.45. The zero-order valence-corrected chi connectivity index (χ0v) is 11.2. The highest BCUT2D eigenvalue weighted by atomic mass is 35.5. The summed E-state index contributed by atoms with van der Waals surface area (Å²) in [6, 6.07) is 4.60. The first-order chi connectivity index (χ1) is 9.02. The second-order valence-electron chi connectivity index (χ2n) is 4.03. The normalized spacial score (nSPS) is 12.2. The van der Waals surface area contributed by atoms with Crippen molar-refractivity contribution in [2.45, 2.75) is 13.0 Å². The van der Waals surface area contributed by atoms with E-state index in [-0.39, 0.29) is 11.3 Å². The Morgan fingerprint density at radius 2 is 2.16 bits per heavy atom. The zero-order valence-electron chi connectivity index (χ0n) is 10.5. The number of H-pyrrole nitrogens is 1. The predicted octanol–water partition coefficient (Wildman–Crippen LogP) is 1.51. The van der Waals surface area contributed by atoms with E-state index in [9.17, 15) is 4.79 Å². The summed E-state index contributed by atoms with van der Waals surface area (Å²) >= 11 is 6.02. The van der Waals surface area contributed by atoms with E-state index in [1.54, 1.807) is 25.1 Å². The molecule has 2 aromatic rings. The summed E-state index contributed by atoms with van der Waals surface area (Å²) in [5.74, 6) is 0.881. The molecule has 0 saturated carbocycles. The van der Waals surface area contributed by atoms with E-state index < -0.39 is 6.04 Å². The molecule has 1 atom stereocenters. The number of hydrogen-bond acceptors (Lipinski definition) is 5. The van der Waals surface area contributed by atoms with Crippen LogP contribution >= 0.6 is 11.6 Å². The summed E-state index contributed by atoms with van der Waals surface area (Å²) in [5.41, 5.74) is 6.09. The topological polar surface area (TPSA) is 93.9 Å². The fourth-order valence-corrected chi connectivity index (χ4v) is 1.84. The molecule has 0 aliphatic heterocycles. The van der Waals surface area contributed by atoms with Crippen molar-refractivity contribution < 1.29 is 4.74 Å². The quantitative estimate of drug-likeness (QED) is 0.889. The highest BCUT2D eigenvalue weighted by molar-refractivity contribution is 6.32. The van der Waals surface area contributed by atoms with E-state index >= 15 is 0 Å². The summed E-state index contributed by atoms with van der Waals surface area (Å²) in [6.07, 6.45) is 0. The van der Waals surface area contributed by atoms with E-state index in [0.717, 1.165) is 0 Å². The molecule has 0 aliphatic carbocycles. The van der Waals surface area contributed by atoms with Crippen LogP contribution in [0.1, 0.15) is 18.7 Å². The minimum absolute atomic E-state index is 0.198. The summed E-state index contributed by atoms with van der Waals surface area (Å²) < 4.78 is 5.05. The van der Waals surface area contributed by atoms with Crippen LogP contribution in [0.4, 0.5) is 0 Å². The maximum atomic E-state index is 11.8. The summed E-state index contributed by atoms with van der Waals surface area (Å²) in [5, 5.41) is 8.21. The van der Waals surface area contributed by atoms with Crippen molar-refractivity contribution in [1.29, 1.82) is 0 Å².